The summed E-state index contributed by atoms with van der Waals surface area (Å²) in [5.74, 6) is 0.553. The van der Waals surface area contributed by atoms with E-state index in [1.54, 1.807) is 6.20 Å². The fourth-order valence-electron chi connectivity index (χ4n) is 4.10. The maximum absolute atomic E-state index is 12.9. The number of carbonyl (C=O) groups is 1. The van der Waals surface area contributed by atoms with Gasteiger partial charge in [0.1, 0.15) is 0 Å². The molecule has 0 unspecified atom stereocenters. The standard InChI is InChI=1S/C23H26N4O2/c28-22(14-17-8-2-1-3-9-17)25-15-21-19-11-4-5-12-20(19)23(29)27(26-21)16-18-10-6-7-13-24-18/h4-7,10-13,17H,1-3,8-9,14-16H2,(H,25,28). The van der Waals surface area contributed by atoms with Crippen molar-refractivity contribution in [2.24, 2.45) is 5.92 Å². The summed E-state index contributed by atoms with van der Waals surface area (Å²) >= 11 is 0. The highest BCUT2D eigenvalue weighted by Crippen LogP contribution is 2.26. The number of pyridine rings is 1. The van der Waals surface area contributed by atoms with Crippen molar-refractivity contribution < 1.29 is 4.79 Å². The lowest BCUT2D eigenvalue weighted by Gasteiger charge is -2.20. The monoisotopic (exact) mass is 390 g/mol. The fourth-order valence-corrected chi connectivity index (χ4v) is 4.10. The zero-order valence-electron chi connectivity index (χ0n) is 16.5. The predicted molar refractivity (Wildman–Crippen MR) is 112 cm³/mol. The Kier molecular flexibility index (Phi) is 5.98. The first-order valence-electron chi connectivity index (χ1n) is 10.4. The van der Waals surface area contributed by atoms with Crippen molar-refractivity contribution in [1.29, 1.82) is 0 Å². The van der Waals surface area contributed by atoms with Gasteiger partial charge in [-0.15, -0.1) is 0 Å². The predicted octanol–water partition coefficient (Wildman–Crippen LogP) is 3.43. The summed E-state index contributed by atoms with van der Waals surface area (Å²) in [6.07, 6.45) is 8.30. The first kappa shape index (κ1) is 19.3. The summed E-state index contributed by atoms with van der Waals surface area (Å²) in [6.45, 7) is 0.613. The third-order valence-electron chi connectivity index (χ3n) is 5.63. The van der Waals surface area contributed by atoms with Crippen LogP contribution in [0.3, 0.4) is 0 Å². The van der Waals surface area contributed by atoms with Gasteiger partial charge in [-0.1, -0.05) is 43.5 Å². The molecular formula is C23H26N4O2. The fraction of sp³-hybridized carbons (Fsp3) is 0.391. The first-order valence-corrected chi connectivity index (χ1v) is 10.4. The average Bonchev–Trinajstić information content (AvgIpc) is 2.76. The van der Waals surface area contributed by atoms with E-state index < -0.39 is 0 Å². The molecule has 6 nitrogen and oxygen atoms in total. The molecule has 0 radical (unpaired) electrons. The van der Waals surface area contributed by atoms with Crippen molar-refractivity contribution in [2.75, 3.05) is 0 Å². The molecule has 1 fully saturated rings. The molecule has 2 aromatic heterocycles. The third-order valence-corrected chi connectivity index (χ3v) is 5.63. The van der Waals surface area contributed by atoms with Crippen LogP contribution in [-0.4, -0.2) is 20.7 Å². The van der Waals surface area contributed by atoms with Crippen LogP contribution in [0.1, 0.15) is 49.9 Å². The Morgan fingerprint density at radius 2 is 1.79 bits per heavy atom. The van der Waals surface area contributed by atoms with Crippen molar-refractivity contribution in [1.82, 2.24) is 20.1 Å². The van der Waals surface area contributed by atoms with Crippen LogP contribution in [0.15, 0.2) is 53.5 Å². The van der Waals surface area contributed by atoms with Gasteiger partial charge in [0.2, 0.25) is 5.91 Å². The SMILES string of the molecule is O=C(CC1CCCCC1)NCc1nn(Cc2ccccn2)c(=O)c2ccccc12. The van der Waals surface area contributed by atoms with E-state index in [1.807, 2.05) is 42.5 Å². The molecular weight excluding hydrogens is 364 g/mol. The Morgan fingerprint density at radius 1 is 1.03 bits per heavy atom. The highest BCUT2D eigenvalue weighted by molar-refractivity contribution is 5.84. The second kappa shape index (κ2) is 8.99. The minimum atomic E-state index is -0.150. The third kappa shape index (κ3) is 4.70. The van der Waals surface area contributed by atoms with Crippen LogP contribution in [0.5, 0.6) is 0 Å². The number of hydrogen-bond donors (Lipinski definition) is 1. The van der Waals surface area contributed by atoms with Gasteiger partial charge >= 0.3 is 0 Å². The molecule has 1 amide bonds. The molecule has 0 bridgehead atoms. The molecule has 0 spiro atoms. The number of amides is 1. The molecule has 0 saturated heterocycles. The maximum Gasteiger partial charge on any atom is 0.275 e. The van der Waals surface area contributed by atoms with E-state index in [0.717, 1.165) is 23.9 Å². The summed E-state index contributed by atoms with van der Waals surface area (Å²) in [7, 11) is 0. The summed E-state index contributed by atoms with van der Waals surface area (Å²) in [5.41, 5.74) is 1.32. The molecule has 1 aliphatic rings. The smallest absolute Gasteiger partial charge is 0.275 e. The van der Waals surface area contributed by atoms with E-state index in [-0.39, 0.29) is 11.5 Å². The lowest BCUT2D eigenvalue weighted by molar-refractivity contribution is -0.122. The minimum Gasteiger partial charge on any atom is -0.350 e. The average molecular weight is 390 g/mol. The number of aromatic nitrogens is 3. The number of fused-ring (bicyclic) bond motifs is 1. The Labute approximate surface area is 170 Å². The van der Waals surface area contributed by atoms with Gasteiger partial charge in [-0.25, -0.2) is 4.68 Å². The summed E-state index contributed by atoms with van der Waals surface area (Å²) < 4.78 is 1.44. The number of rotatable bonds is 6. The molecule has 3 aromatic rings. The van der Waals surface area contributed by atoms with Crippen LogP contribution in [0.25, 0.3) is 10.8 Å². The zero-order valence-corrected chi connectivity index (χ0v) is 16.5. The number of benzene rings is 1. The molecule has 1 aromatic carbocycles. The molecule has 1 saturated carbocycles. The van der Waals surface area contributed by atoms with Crippen LogP contribution in [0, 0.1) is 5.92 Å². The highest BCUT2D eigenvalue weighted by atomic mass is 16.1. The normalized spacial score (nSPS) is 14.8. The van der Waals surface area contributed by atoms with Crippen molar-refractivity contribution in [3.8, 4) is 0 Å². The van der Waals surface area contributed by atoms with Crippen LogP contribution in [-0.2, 0) is 17.9 Å². The van der Waals surface area contributed by atoms with E-state index in [2.05, 4.69) is 15.4 Å². The Morgan fingerprint density at radius 3 is 2.55 bits per heavy atom. The quantitative estimate of drug-likeness (QED) is 0.700. The van der Waals surface area contributed by atoms with Gasteiger partial charge in [-0.3, -0.25) is 14.6 Å². The minimum absolute atomic E-state index is 0.0604. The van der Waals surface area contributed by atoms with Gasteiger partial charge in [0.15, 0.2) is 0 Å². The molecule has 0 aliphatic heterocycles. The Balaban J connectivity index is 1.55. The summed E-state index contributed by atoms with van der Waals surface area (Å²) in [5, 5.41) is 8.97. The number of nitrogens with zero attached hydrogens (tertiary/aromatic N) is 3. The second-order valence-corrected chi connectivity index (χ2v) is 7.76. The first-order chi connectivity index (χ1) is 14.2. The lowest BCUT2D eigenvalue weighted by Crippen LogP contribution is -2.30. The molecule has 1 aliphatic carbocycles. The van der Waals surface area contributed by atoms with Gasteiger partial charge < -0.3 is 5.32 Å². The molecule has 1 N–H and O–H groups in total. The lowest BCUT2D eigenvalue weighted by atomic mass is 9.87. The van der Waals surface area contributed by atoms with E-state index in [0.29, 0.717) is 36.5 Å². The molecule has 29 heavy (non-hydrogen) atoms. The van der Waals surface area contributed by atoms with E-state index in [1.165, 1.54) is 23.9 Å². The van der Waals surface area contributed by atoms with Crippen LogP contribution in [0.2, 0.25) is 0 Å². The summed E-state index contributed by atoms with van der Waals surface area (Å²) in [6, 6.07) is 13.0. The molecule has 0 atom stereocenters. The van der Waals surface area contributed by atoms with Gasteiger partial charge in [0, 0.05) is 18.0 Å². The van der Waals surface area contributed by atoms with Gasteiger partial charge in [-0.2, -0.15) is 5.10 Å². The van der Waals surface area contributed by atoms with Crippen LogP contribution < -0.4 is 10.9 Å². The van der Waals surface area contributed by atoms with Crippen LogP contribution >= 0.6 is 0 Å². The second-order valence-electron chi connectivity index (χ2n) is 7.76. The number of nitrogens with one attached hydrogen (secondary N) is 1. The zero-order chi connectivity index (χ0) is 20.1. The topological polar surface area (TPSA) is 76.9 Å². The van der Waals surface area contributed by atoms with E-state index >= 15 is 0 Å². The van der Waals surface area contributed by atoms with Crippen molar-refractivity contribution in [3.05, 3.63) is 70.4 Å². The Hall–Kier alpha value is -3.02. The maximum atomic E-state index is 12.9. The Bertz CT molecular complexity index is 1040. The molecule has 4 rings (SSSR count). The highest BCUT2D eigenvalue weighted by Gasteiger charge is 2.18. The molecule has 2 heterocycles. The van der Waals surface area contributed by atoms with Gasteiger partial charge in [0.25, 0.3) is 5.56 Å². The van der Waals surface area contributed by atoms with E-state index in [4.69, 9.17) is 0 Å². The van der Waals surface area contributed by atoms with Crippen LogP contribution in [0.4, 0.5) is 0 Å². The summed E-state index contributed by atoms with van der Waals surface area (Å²) in [4.78, 5) is 29.6. The van der Waals surface area contributed by atoms with Gasteiger partial charge in [-0.05, 0) is 37.0 Å². The molecule has 150 valence electrons. The number of carbonyl (C=O) groups excluding carboxylic acids is 1. The van der Waals surface area contributed by atoms with E-state index in [9.17, 15) is 9.59 Å². The van der Waals surface area contributed by atoms with Gasteiger partial charge in [0.05, 0.1) is 29.9 Å². The number of hydrogen-bond acceptors (Lipinski definition) is 4. The largest absolute Gasteiger partial charge is 0.350 e. The molecule has 6 heteroatoms. The van der Waals surface area contributed by atoms with Crippen molar-refractivity contribution in [3.63, 3.8) is 0 Å². The van der Waals surface area contributed by atoms with Crippen molar-refractivity contribution >= 4 is 16.7 Å². The van der Waals surface area contributed by atoms with Crippen molar-refractivity contribution in [2.45, 2.75) is 51.6 Å².